The Kier molecular flexibility index (Phi) is 4.02. The van der Waals surface area contributed by atoms with Crippen molar-refractivity contribution in [2.24, 2.45) is 5.73 Å². The van der Waals surface area contributed by atoms with E-state index in [9.17, 15) is 4.79 Å². The number of carbonyl (C=O) groups excluding carboxylic acids is 1. The Bertz CT molecular complexity index is 442. The summed E-state index contributed by atoms with van der Waals surface area (Å²) in [7, 11) is 0. The summed E-state index contributed by atoms with van der Waals surface area (Å²) in [4.78, 5) is 14.0. The third-order valence-corrected chi connectivity index (χ3v) is 3.72. The van der Waals surface area contributed by atoms with Gasteiger partial charge in [0.2, 0.25) is 5.91 Å². The second-order valence-corrected chi connectivity index (χ2v) is 5.33. The number of likely N-dealkylation sites (tertiary alicyclic amines) is 1. The summed E-state index contributed by atoms with van der Waals surface area (Å²) in [5.74, 6) is 0.240. The molecule has 0 aromatic heterocycles. The molecular weight excluding hydrogens is 224 g/mol. The molecule has 18 heavy (non-hydrogen) atoms. The van der Waals surface area contributed by atoms with Gasteiger partial charge in [-0.2, -0.15) is 0 Å². The van der Waals surface area contributed by atoms with Gasteiger partial charge in [-0.3, -0.25) is 4.79 Å². The predicted octanol–water partition coefficient (Wildman–Crippen LogP) is 2.14. The highest BCUT2D eigenvalue weighted by atomic mass is 16.2. The van der Waals surface area contributed by atoms with E-state index in [0.29, 0.717) is 6.42 Å². The molecule has 2 N–H and O–H groups in total. The molecule has 0 radical (unpaired) electrons. The molecule has 1 aliphatic heterocycles. The third kappa shape index (κ3) is 3.10. The summed E-state index contributed by atoms with van der Waals surface area (Å²) >= 11 is 0. The summed E-state index contributed by atoms with van der Waals surface area (Å²) < 4.78 is 0. The van der Waals surface area contributed by atoms with Crippen molar-refractivity contribution in [1.82, 2.24) is 4.90 Å². The van der Waals surface area contributed by atoms with Gasteiger partial charge in [0.1, 0.15) is 0 Å². The number of hydrogen-bond donors (Lipinski definition) is 1. The molecule has 1 heterocycles. The zero-order valence-electron chi connectivity index (χ0n) is 11.3. The second kappa shape index (κ2) is 5.53. The number of carbonyl (C=O) groups is 1. The Labute approximate surface area is 109 Å². The highest BCUT2D eigenvalue weighted by Gasteiger charge is 2.20. The minimum Gasteiger partial charge on any atom is -0.338 e. The van der Waals surface area contributed by atoms with Gasteiger partial charge in [-0.1, -0.05) is 23.8 Å². The Morgan fingerprint density at radius 1 is 1.33 bits per heavy atom. The number of amides is 1. The molecule has 1 aliphatic rings. The van der Waals surface area contributed by atoms with E-state index < -0.39 is 0 Å². The lowest BCUT2D eigenvalue weighted by Gasteiger charge is -2.22. The van der Waals surface area contributed by atoms with E-state index >= 15 is 0 Å². The van der Waals surface area contributed by atoms with Crippen LogP contribution in [0, 0.1) is 13.8 Å². The molecular formula is C15H22N2O. The first kappa shape index (κ1) is 13.1. The maximum atomic E-state index is 12.0. The first-order valence-corrected chi connectivity index (χ1v) is 6.66. The van der Waals surface area contributed by atoms with E-state index in [1.165, 1.54) is 16.7 Å². The fourth-order valence-corrected chi connectivity index (χ4v) is 2.40. The second-order valence-electron chi connectivity index (χ2n) is 5.33. The Balaban J connectivity index is 2.12. The molecule has 1 atom stereocenters. The maximum Gasteiger partial charge on any atom is 0.222 e. The van der Waals surface area contributed by atoms with Gasteiger partial charge in [-0.15, -0.1) is 0 Å². The van der Waals surface area contributed by atoms with E-state index in [1.807, 2.05) is 4.90 Å². The quantitative estimate of drug-likeness (QED) is 0.869. The molecule has 3 nitrogen and oxygen atoms in total. The Hall–Kier alpha value is -1.35. The van der Waals surface area contributed by atoms with Crippen molar-refractivity contribution in [3.8, 4) is 0 Å². The maximum absolute atomic E-state index is 12.0. The molecule has 98 valence electrons. The van der Waals surface area contributed by atoms with Crippen molar-refractivity contribution in [1.29, 1.82) is 0 Å². The monoisotopic (exact) mass is 246 g/mol. The van der Waals surface area contributed by atoms with Crippen LogP contribution in [-0.4, -0.2) is 23.4 Å². The van der Waals surface area contributed by atoms with Crippen molar-refractivity contribution >= 4 is 5.91 Å². The molecule has 0 bridgehead atoms. The van der Waals surface area contributed by atoms with Crippen molar-refractivity contribution in [3.63, 3.8) is 0 Å². The molecule has 0 spiro atoms. The Morgan fingerprint density at radius 2 is 2.11 bits per heavy atom. The first-order valence-electron chi connectivity index (χ1n) is 6.66. The lowest BCUT2D eigenvalue weighted by Crippen LogP contribution is -2.30. The molecule has 0 aliphatic carbocycles. The summed E-state index contributed by atoms with van der Waals surface area (Å²) in [6.07, 6.45) is 2.32. The van der Waals surface area contributed by atoms with Crippen LogP contribution in [0.15, 0.2) is 18.2 Å². The van der Waals surface area contributed by atoms with Crippen LogP contribution in [0.2, 0.25) is 0 Å². The highest BCUT2D eigenvalue weighted by Crippen LogP contribution is 2.17. The van der Waals surface area contributed by atoms with Crippen molar-refractivity contribution in [3.05, 3.63) is 34.9 Å². The third-order valence-electron chi connectivity index (χ3n) is 3.72. The lowest BCUT2D eigenvalue weighted by molar-refractivity contribution is -0.131. The Morgan fingerprint density at radius 3 is 2.89 bits per heavy atom. The van der Waals surface area contributed by atoms with Gasteiger partial charge >= 0.3 is 0 Å². The highest BCUT2D eigenvalue weighted by molar-refractivity contribution is 5.76. The minimum atomic E-state index is 0.178. The number of hydrogen-bond acceptors (Lipinski definition) is 2. The number of nitrogens with two attached hydrogens (primary N) is 1. The number of rotatable bonds is 2. The summed E-state index contributed by atoms with van der Waals surface area (Å²) in [6.45, 7) is 5.69. The van der Waals surface area contributed by atoms with Gasteiger partial charge < -0.3 is 10.6 Å². The molecule has 1 fully saturated rings. The number of nitrogens with zero attached hydrogens (tertiary/aromatic N) is 1. The van der Waals surface area contributed by atoms with E-state index in [2.05, 4.69) is 32.0 Å². The molecule has 0 saturated carbocycles. The van der Waals surface area contributed by atoms with Gasteiger partial charge in [0, 0.05) is 25.6 Å². The summed E-state index contributed by atoms with van der Waals surface area (Å²) in [6, 6.07) is 6.59. The first-order chi connectivity index (χ1) is 8.56. The molecule has 1 aromatic carbocycles. The number of benzene rings is 1. The smallest absolute Gasteiger partial charge is 0.222 e. The SMILES string of the molecule is Cc1ccc(C)c(CN2CCC(N)CCC2=O)c1. The van der Waals surface area contributed by atoms with Gasteiger partial charge in [0.05, 0.1) is 0 Å². The summed E-state index contributed by atoms with van der Waals surface area (Å²) in [5.41, 5.74) is 9.67. The lowest BCUT2D eigenvalue weighted by atomic mass is 10.1. The van der Waals surface area contributed by atoms with Crippen LogP contribution in [0.1, 0.15) is 36.0 Å². The van der Waals surface area contributed by atoms with Crippen LogP contribution in [0.5, 0.6) is 0 Å². The standard InChI is InChI=1S/C15H22N2O/c1-11-3-4-12(2)13(9-11)10-17-8-7-14(16)5-6-15(17)18/h3-4,9,14H,5-8,10,16H2,1-2H3. The van der Waals surface area contributed by atoms with Crippen molar-refractivity contribution in [2.45, 2.75) is 45.7 Å². The molecule has 3 heteroatoms. The van der Waals surface area contributed by atoms with E-state index in [1.54, 1.807) is 0 Å². The van der Waals surface area contributed by atoms with Crippen molar-refractivity contribution in [2.75, 3.05) is 6.54 Å². The molecule has 1 aromatic rings. The van der Waals surface area contributed by atoms with E-state index in [-0.39, 0.29) is 11.9 Å². The van der Waals surface area contributed by atoms with Crippen LogP contribution in [0.25, 0.3) is 0 Å². The van der Waals surface area contributed by atoms with Gasteiger partial charge in [-0.05, 0) is 37.8 Å². The fraction of sp³-hybridized carbons (Fsp3) is 0.533. The van der Waals surface area contributed by atoms with Crippen LogP contribution >= 0.6 is 0 Å². The average molecular weight is 246 g/mol. The minimum absolute atomic E-state index is 0.178. The molecule has 2 rings (SSSR count). The van der Waals surface area contributed by atoms with Gasteiger partial charge in [0.15, 0.2) is 0 Å². The molecule has 1 amide bonds. The van der Waals surface area contributed by atoms with Crippen LogP contribution in [0.3, 0.4) is 0 Å². The molecule has 1 unspecified atom stereocenters. The van der Waals surface area contributed by atoms with Crippen LogP contribution in [-0.2, 0) is 11.3 Å². The van der Waals surface area contributed by atoms with Gasteiger partial charge in [0.25, 0.3) is 0 Å². The molecule has 1 saturated heterocycles. The van der Waals surface area contributed by atoms with Crippen LogP contribution in [0.4, 0.5) is 0 Å². The zero-order chi connectivity index (χ0) is 13.1. The fourth-order valence-electron chi connectivity index (χ4n) is 2.40. The largest absolute Gasteiger partial charge is 0.338 e. The normalized spacial score (nSPS) is 20.9. The van der Waals surface area contributed by atoms with Gasteiger partial charge in [-0.25, -0.2) is 0 Å². The topological polar surface area (TPSA) is 46.3 Å². The van der Waals surface area contributed by atoms with Crippen molar-refractivity contribution < 1.29 is 4.79 Å². The zero-order valence-corrected chi connectivity index (χ0v) is 11.3. The summed E-state index contributed by atoms with van der Waals surface area (Å²) in [5, 5.41) is 0. The predicted molar refractivity (Wildman–Crippen MR) is 73.2 cm³/mol. The number of aryl methyl sites for hydroxylation is 2. The van der Waals surface area contributed by atoms with E-state index in [4.69, 9.17) is 5.73 Å². The van der Waals surface area contributed by atoms with E-state index in [0.717, 1.165) is 25.9 Å². The average Bonchev–Trinajstić information content (AvgIpc) is 2.49. The van der Waals surface area contributed by atoms with Crippen LogP contribution < -0.4 is 5.73 Å².